The Morgan fingerprint density at radius 2 is 2.07 bits per heavy atom. The zero-order chi connectivity index (χ0) is 20.0. The molecule has 4 nitrogen and oxygen atoms in total. The van der Waals surface area contributed by atoms with E-state index in [2.05, 4.69) is 0 Å². The second-order valence-electron chi connectivity index (χ2n) is 7.75. The lowest BCUT2D eigenvalue weighted by molar-refractivity contribution is -0.150. The molecule has 1 unspecified atom stereocenters. The second-order valence-corrected chi connectivity index (χ2v) is 7.75. The Morgan fingerprint density at radius 3 is 2.75 bits per heavy atom. The molecule has 0 spiro atoms. The van der Waals surface area contributed by atoms with E-state index >= 15 is 0 Å². The van der Waals surface area contributed by atoms with Crippen LogP contribution in [0.25, 0.3) is 11.1 Å². The topological polar surface area (TPSA) is 55.8 Å². The minimum atomic E-state index is -1.41. The molecule has 1 saturated carbocycles. The minimum Gasteiger partial charge on any atom is -0.490 e. The molecule has 1 fully saturated rings. The maximum atomic E-state index is 14.9. The maximum absolute atomic E-state index is 14.9. The van der Waals surface area contributed by atoms with Crippen LogP contribution in [0.5, 0.6) is 5.75 Å². The molecule has 0 aromatic heterocycles. The number of ether oxygens (including phenoxy) is 2. The summed E-state index contributed by atoms with van der Waals surface area (Å²) in [5, 5.41) is 10.7. The van der Waals surface area contributed by atoms with Crippen molar-refractivity contribution in [3.63, 3.8) is 0 Å². The van der Waals surface area contributed by atoms with Gasteiger partial charge in [0.2, 0.25) is 0 Å². The molecule has 1 atom stereocenters. The number of rotatable bonds is 4. The van der Waals surface area contributed by atoms with Crippen LogP contribution in [0.4, 0.5) is 4.39 Å². The Morgan fingerprint density at radius 1 is 1.32 bits per heavy atom. The molecule has 1 aliphatic heterocycles. The number of aliphatic hydroxyl groups excluding tert-OH is 1. The zero-order valence-electron chi connectivity index (χ0n) is 16.5. The summed E-state index contributed by atoms with van der Waals surface area (Å²) in [6.45, 7) is 4.34. The van der Waals surface area contributed by atoms with Gasteiger partial charge in [0.05, 0.1) is 13.7 Å². The number of hydrogen-bond donors (Lipinski definition) is 1. The third-order valence-corrected chi connectivity index (χ3v) is 5.92. The van der Waals surface area contributed by atoms with Crippen LogP contribution in [0.2, 0.25) is 0 Å². The van der Waals surface area contributed by atoms with Gasteiger partial charge in [0, 0.05) is 11.1 Å². The summed E-state index contributed by atoms with van der Waals surface area (Å²) in [5.74, 6) is -0.397. The molecule has 1 aliphatic carbocycles. The van der Waals surface area contributed by atoms with Crippen LogP contribution in [0.15, 0.2) is 18.2 Å². The molecule has 1 N–H and O–H groups in total. The summed E-state index contributed by atoms with van der Waals surface area (Å²) in [6, 6.07) is 5.46. The molecule has 5 heteroatoms. The smallest absolute Gasteiger partial charge is 0.339 e. The van der Waals surface area contributed by atoms with Crippen molar-refractivity contribution in [1.82, 2.24) is 0 Å². The molecule has 148 valence electrons. The van der Waals surface area contributed by atoms with Crippen molar-refractivity contribution in [2.75, 3.05) is 13.7 Å². The summed E-state index contributed by atoms with van der Waals surface area (Å²) in [7, 11) is 1.26. The Balaban J connectivity index is 2.00. The minimum absolute atomic E-state index is 0.336. The van der Waals surface area contributed by atoms with E-state index in [1.807, 2.05) is 26.0 Å². The van der Waals surface area contributed by atoms with Gasteiger partial charge >= 0.3 is 5.97 Å². The average molecular weight is 384 g/mol. The van der Waals surface area contributed by atoms with Gasteiger partial charge in [0.25, 0.3) is 0 Å². The molecule has 4 rings (SSSR count). The quantitative estimate of drug-likeness (QED) is 0.788. The number of aliphatic hydroxyl groups is 1. The van der Waals surface area contributed by atoms with Crippen molar-refractivity contribution < 1.29 is 23.8 Å². The fourth-order valence-electron chi connectivity index (χ4n) is 4.28. The maximum Gasteiger partial charge on any atom is 0.339 e. The molecule has 0 saturated heterocycles. The number of carbonyl (C=O) groups excluding carboxylic acids is 1. The predicted octanol–water partition coefficient (Wildman–Crippen LogP) is 4.52. The fourth-order valence-corrected chi connectivity index (χ4v) is 4.28. The third kappa shape index (κ3) is 3.08. The largest absolute Gasteiger partial charge is 0.490 e. The SMILES string of the molecule is COC(=O)C(O)c1c(C)ccc(C2CC2)c1-c1cc(F)c2c(c1C)CCCO2. The highest BCUT2D eigenvalue weighted by atomic mass is 19.1. The van der Waals surface area contributed by atoms with Gasteiger partial charge in [-0.15, -0.1) is 0 Å². The van der Waals surface area contributed by atoms with Gasteiger partial charge in [0.1, 0.15) is 0 Å². The first kappa shape index (κ1) is 18.9. The molecule has 0 radical (unpaired) electrons. The number of benzene rings is 2. The van der Waals surface area contributed by atoms with Crippen LogP contribution >= 0.6 is 0 Å². The van der Waals surface area contributed by atoms with Gasteiger partial charge in [-0.25, -0.2) is 9.18 Å². The first-order chi connectivity index (χ1) is 13.4. The standard InChI is InChI=1S/C23H25FO4/c1-12-6-9-16(14-7-8-14)20(19(12)21(25)23(26)27-3)17-11-18(24)22-15(13(17)2)5-4-10-28-22/h6,9,11,14,21,25H,4-5,7-8,10H2,1-3H3. The fraction of sp³-hybridized carbons (Fsp3) is 0.435. The summed E-state index contributed by atoms with van der Waals surface area (Å²) in [5.41, 5.74) is 5.67. The second kappa shape index (κ2) is 7.21. The third-order valence-electron chi connectivity index (χ3n) is 5.92. The Labute approximate surface area is 164 Å². The van der Waals surface area contributed by atoms with E-state index < -0.39 is 17.9 Å². The van der Waals surface area contributed by atoms with E-state index in [1.54, 1.807) is 0 Å². The van der Waals surface area contributed by atoms with Gasteiger partial charge < -0.3 is 14.6 Å². The van der Waals surface area contributed by atoms with E-state index in [0.717, 1.165) is 59.1 Å². The van der Waals surface area contributed by atoms with E-state index in [1.165, 1.54) is 13.2 Å². The summed E-state index contributed by atoms with van der Waals surface area (Å²) < 4.78 is 25.3. The van der Waals surface area contributed by atoms with Gasteiger partial charge in [0.15, 0.2) is 17.7 Å². The predicted molar refractivity (Wildman–Crippen MR) is 104 cm³/mol. The number of aryl methyl sites for hydroxylation is 1. The Hall–Kier alpha value is -2.40. The molecular formula is C23H25FO4. The van der Waals surface area contributed by atoms with Crippen LogP contribution in [0, 0.1) is 19.7 Å². The zero-order valence-corrected chi connectivity index (χ0v) is 16.5. The van der Waals surface area contributed by atoms with Crippen molar-refractivity contribution in [1.29, 1.82) is 0 Å². The number of fused-ring (bicyclic) bond motifs is 1. The molecule has 2 aromatic carbocycles. The number of esters is 1. The van der Waals surface area contributed by atoms with Gasteiger partial charge in [-0.2, -0.15) is 0 Å². The normalized spacial score (nSPS) is 16.9. The Bertz CT molecular complexity index is 946. The highest BCUT2D eigenvalue weighted by Gasteiger charge is 2.33. The van der Waals surface area contributed by atoms with Crippen molar-refractivity contribution in [2.45, 2.75) is 51.6 Å². The Kier molecular flexibility index (Phi) is 4.88. The van der Waals surface area contributed by atoms with Gasteiger partial charge in [-0.1, -0.05) is 12.1 Å². The van der Waals surface area contributed by atoms with Crippen LogP contribution < -0.4 is 4.74 Å². The van der Waals surface area contributed by atoms with E-state index in [-0.39, 0.29) is 0 Å². The van der Waals surface area contributed by atoms with Crippen molar-refractivity contribution in [3.8, 4) is 16.9 Å². The van der Waals surface area contributed by atoms with Crippen molar-refractivity contribution in [3.05, 3.63) is 51.8 Å². The monoisotopic (exact) mass is 384 g/mol. The molecule has 0 bridgehead atoms. The first-order valence-electron chi connectivity index (χ1n) is 9.78. The lowest BCUT2D eigenvalue weighted by Crippen LogP contribution is -2.17. The van der Waals surface area contributed by atoms with Crippen LogP contribution in [0.3, 0.4) is 0 Å². The van der Waals surface area contributed by atoms with Gasteiger partial charge in [-0.05, 0) is 79.3 Å². The van der Waals surface area contributed by atoms with E-state index in [9.17, 15) is 14.3 Å². The lowest BCUT2D eigenvalue weighted by Gasteiger charge is -2.25. The number of methoxy groups -OCH3 is 1. The molecule has 2 aliphatic rings. The summed E-state index contributed by atoms with van der Waals surface area (Å²) in [4.78, 5) is 12.2. The number of hydrogen-bond acceptors (Lipinski definition) is 4. The highest BCUT2D eigenvalue weighted by Crippen LogP contribution is 2.49. The highest BCUT2D eigenvalue weighted by molar-refractivity contribution is 5.85. The average Bonchev–Trinajstić information content (AvgIpc) is 3.54. The molecular weight excluding hydrogens is 359 g/mol. The van der Waals surface area contributed by atoms with Crippen LogP contribution in [-0.4, -0.2) is 24.8 Å². The van der Waals surface area contributed by atoms with E-state index in [4.69, 9.17) is 9.47 Å². The first-order valence-corrected chi connectivity index (χ1v) is 9.78. The van der Waals surface area contributed by atoms with Crippen molar-refractivity contribution in [2.24, 2.45) is 0 Å². The van der Waals surface area contributed by atoms with E-state index in [0.29, 0.717) is 23.8 Å². The van der Waals surface area contributed by atoms with Crippen LogP contribution in [0.1, 0.15) is 59.1 Å². The number of halogens is 1. The lowest BCUT2D eigenvalue weighted by atomic mass is 9.83. The molecule has 2 aromatic rings. The number of carbonyl (C=O) groups is 1. The van der Waals surface area contributed by atoms with Crippen molar-refractivity contribution >= 4 is 5.97 Å². The summed E-state index contributed by atoms with van der Waals surface area (Å²) >= 11 is 0. The van der Waals surface area contributed by atoms with Crippen LogP contribution in [-0.2, 0) is 16.0 Å². The molecule has 28 heavy (non-hydrogen) atoms. The van der Waals surface area contributed by atoms with Gasteiger partial charge in [-0.3, -0.25) is 0 Å². The molecule has 0 amide bonds. The summed E-state index contributed by atoms with van der Waals surface area (Å²) in [6.07, 6.45) is 2.30. The molecule has 1 heterocycles.